The van der Waals surface area contributed by atoms with E-state index in [-0.39, 0.29) is 23.8 Å². The third-order valence-electron chi connectivity index (χ3n) is 3.02. The summed E-state index contributed by atoms with van der Waals surface area (Å²) in [5.41, 5.74) is 0.158. The molecule has 1 aromatic rings. The quantitative estimate of drug-likeness (QED) is 0.613. The van der Waals surface area contributed by atoms with Crippen molar-refractivity contribution in [2.24, 2.45) is 4.99 Å². The average molecular weight is 338 g/mol. The van der Waals surface area contributed by atoms with Crippen LogP contribution in [0.15, 0.2) is 23.2 Å². The summed E-state index contributed by atoms with van der Waals surface area (Å²) < 4.78 is 5.04. The van der Waals surface area contributed by atoms with Crippen LogP contribution in [0.1, 0.15) is 6.42 Å². The molecule has 2 amide bonds. The maximum atomic E-state index is 12.1. The third-order valence-corrected chi connectivity index (χ3v) is 4.19. The van der Waals surface area contributed by atoms with Gasteiger partial charge in [-0.2, -0.15) is 0 Å². The summed E-state index contributed by atoms with van der Waals surface area (Å²) in [6.45, 7) is 0. The number of aliphatic imine (C=N–C) groups is 1. The highest BCUT2D eigenvalue weighted by Gasteiger charge is 2.31. The van der Waals surface area contributed by atoms with Crippen molar-refractivity contribution in [3.8, 4) is 5.75 Å². The summed E-state index contributed by atoms with van der Waals surface area (Å²) in [4.78, 5) is 37.8. The monoisotopic (exact) mass is 338 g/mol. The Labute approximate surface area is 135 Å². The normalized spacial score (nSPS) is 18.6. The van der Waals surface area contributed by atoms with Gasteiger partial charge in [-0.25, -0.2) is 0 Å². The molecule has 1 saturated heterocycles. The van der Waals surface area contributed by atoms with E-state index in [1.807, 2.05) is 0 Å². The number of nitro groups is 1. The topological polar surface area (TPSA) is 123 Å². The molecular formula is C13H14N4O5S. The van der Waals surface area contributed by atoms with Crippen LogP contribution in [0.5, 0.6) is 5.75 Å². The number of hydrogen-bond donors (Lipinski definition) is 2. The van der Waals surface area contributed by atoms with E-state index < -0.39 is 16.1 Å². The molecule has 0 spiro atoms. The van der Waals surface area contributed by atoms with Gasteiger partial charge in [-0.05, 0) is 6.07 Å². The summed E-state index contributed by atoms with van der Waals surface area (Å²) in [5.74, 6) is -0.504. The molecule has 0 unspecified atom stereocenters. The van der Waals surface area contributed by atoms with Crippen LogP contribution in [0.25, 0.3) is 0 Å². The third kappa shape index (κ3) is 3.97. The highest BCUT2D eigenvalue weighted by atomic mass is 32.2. The van der Waals surface area contributed by atoms with Crippen LogP contribution in [0.3, 0.4) is 0 Å². The van der Waals surface area contributed by atoms with Crippen molar-refractivity contribution < 1.29 is 19.2 Å². The van der Waals surface area contributed by atoms with Gasteiger partial charge >= 0.3 is 0 Å². The number of nitrogens with zero attached hydrogens (tertiary/aromatic N) is 2. The van der Waals surface area contributed by atoms with Crippen molar-refractivity contribution in [1.82, 2.24) is 5.32 Å². The molecule has 1 aliphatic rings. The van der Waals surface area contributed by atoms with Crippen molar-refractivity contribution in [2.45, 2.75) is 11.7 Å². The summed E-state index contributed by atoms with van der Waals surface area (Å²) in [5, 5.41) is 15.8. The summed E-state index contributed by atoms with van der Waals surface area (Å²) >= 11 is 1.18. The van der Waals surface area contributed by atoms with E-state index in [4.69, 9.17) is 4.74 Å². The number of methoxy groups -OCH3 is 1. The van der Waals surface area contributed by atoms with Crippen molar-refractivity contribution in [3.63, 3.8) is 0 Å². The van der Waals surface area contributed by atoms with Crippen LogP contribution in [0.2, 0.25) is 0 Å². The largest absolute Gasteiger partial charge is 0.494 e. The Morgan fingerprint density at radius 1 is 1.57 bits per heavy atom. The highest BCUT2D eigenvalue weighted by molar-refractivity contribution is 8.15. The predicted molar refractivity (Wildman–Crippen MR) is 85.8 cm³/mol. The number of anilines is 1. The summed E-state index contributed by atoms with van der Waals surface area (Å²) in [6, 6.07) is 3.86. The minimum Gasteiger partial charge on any atom is -0.494 e. The number of hydrogen-bond acceptors (Lipinski definition) is 7. The molecule has 1 fully saturated rings. The van der Waals surface area contributed by atoms with Gasteiger partial charge in [-0.15, -0.1) is 0 Å². The van der Waals surface area contributed by atoms with Crippen molar-refractivity contribution in [2.75, 3.05) is 19.5 Å². The van der Waals surface area contributed by atoms with Crippen molar-refractivity contribution in [1.29, 1.82) is 0 Å². The number of nitrogens with one attached hydrogen (secondary N) is 2. The number of rotatable bonds is 5. The molecule has 9 nitrogen and oxygen atoms in total. The van der Waals surface area contributed by atoms with E-state index in [9.17, 15) is 19.7 Å². The van der Waals surface area contributed by atoms with Gasteiger partial charge in [0.15, 0.2) is 5.17 Å². The van der Waals surface area contributed by atoms with Crippen LogP contribution in [-0.2, 0) is 9.59 Å². The highest BCUT2D eigenvalue weighted by Crippen LogP contribution is 2.30. The SMILES string of the molecule is CN=C1NC(=O)[C@H](CC(=O)Nc2ccc([N+](=O)[O-])cc2OC)S1. The number of non-ortho nitro benzene ring substituents is 1. The summed E-state index contributed by atoms with van der Waals surface area (Å²) in [7, 11) is 2.89. The zero-order valence-electron chi connectivity index (χ0n) is 12.4. The Bertz CT molecular complexity index is 691. The first-order valence-corrected chi connectivity index (χ1v) is 7.39. The van der Waals surface area contributed by atoms with Gasteiger partial charge in [0, 0.05) is 19.5 Å². The maximum Gasteiger partial charge on any atom is 0.273 e. The van der Waals surface area contributed by atoms with Gasteiger partial charge in [-0.3, -0.25) is 24.7 Å². The Hall–Kier alpha value is -2.62. The van der Waals surface area contributed by atoms with Crippen LogP contribution in [-0.4, -0.2) is 41.3 Å². The lowest BCUT2D eigenvalue weighted by molar-refractivity contribution is -0.384. The molecule has 122 valence electrons. The molecule has 10 heteroatoms. The molecule has 23 heavy (non-hydrogen) atoms. The minimum absolute atomic E-state index is 0.0460. The van der Waals surface area contributed by atoms with Gasteiger partial charge in [0.2, 0.25) is 11.8 Å². The number of benzene rings is 1. The average Bonchev–Trinajstić information content (AvgIpc) is 2.87. The lowest BCUT2D eigenvalue weighted by Gasteiger charge is -2.11. The number of ether oxygens (including phenoxy) is 1. The predicted octanol–water partition coefficient (Wildman–Crippen LogP) is 1.15. The maximum absolute atomic E-state index is 12.1. The molecule has 1 atom stereocenters. The molecule has 1 heterocycles. The van der Waals surface area contributed by atoms with Crippen LogP contribution in [0, 0.1) is 10.1 Å². The lowest BCUT2D eigenvalue weighted by atomic mass is 10.2. The number of amidine groups is 1. The summed E-state index contributed by atoms with van der Waals surface area (Å²) in [6.07, 6.45) is -0.0460. The first-order valence-electron chi connectivity index (χ1n) is 6.51. The van der Waals surface area contributed by atoms with E-state index in [1.54, 1.807) is 7.05 Å². The number of thioether (sulfide) groups is 1. The van der Waals surface area contributed by atoms with E-state index in [1.165, 1.54) is 37.1 Å². The van der Waals surface area contributed by atoms with Gasteiger partial charge in [-0.1, -0.05) is 11.8 Å². The van der Waals surface area contributed by atoms with E-state index in [2.05, 4.69) is 15.6 Å². The Morgan fingerprint density at radius 3 is 2.87 bits per heavy atom. The van der Waals surface area contributed by atoms with Gasteiger partial charge in [0.05, 0.1) is 23.8 Å². The Balaban J connectivity index is 2.06. The fraction of sp³-hybridized carbons (Fsp3) is 0.308. The molecule has 0 saturated carbocycles. The molecule has 0 aromatic heterocycles. The second kappa shape index (κ2) is 7.09. The van der Waals surface area contributed by atoms with Crippen LogP contribution < -0.4 is 15.4 Å². The molecule has 1 aromatic carbocycles. The first-order chi connectivity index (χ1) is 10.9. The van der Waals surface area contributed by atoms with E-state index >= 15 is 0 Å². The number of carbonyl (C=O) groups excluding carboxylic acids is 2. The van der Waals surface area contributed by atoms with Crippen molar-refractivity contribution >= 4 is 40.1 Å². The second-order valence-corrected chi connectivity index (χ2v) is 5.71. The van der Waals surface area contributed by atoms with Crippen LogP contribution in [0.4, 0.5) is 11.4 Å². The number of carbonyl (C=O) groups is 2. The standard InChI is InChI=1S/C13H14N4O5S/c1-14-13-16-12(19)10(23-13)6-11(18)15-8-4-3-7(17(20)21)5-9(8)22-2/h3-5,10H,6H2,1-2H3,(H,15,18)(H,14,16,19)/t10-/m0/s1. The van der Waals surface area contributed by atoms with E-state index in [0.717, 1.165) is 0 Å². The zero-order valence-corrected chi connectivity index (χ0v) is 13.2. The molecule has 0 bridgehead atoms. The Morgan fingerprint density at radius 2 is 2.30 bits per heavy atom. The van der Waals surface area contributed by atoms with Gasteiger partial charge < -0.3 is 15.4 Å². The smallest absolute Gasteiger partial charge is 0.273 e. The van der Waals surface area contributed by atoms with E-state index in [0.29, 0.717) is 10.9 Å². The fourth-order valence-corrected chi connectivity index (χ4v) is 2.85. The minimum atomic E-state index is -0.558. The molecule has 2 N–H and O–H groups in total. The second-order valence-electron chi connectivity index (χ2n) is 4.52. The molecule has 0 aliphatic carbocycles. The molecule has 2 rings (SSSR count). The first kappa shape index (κ1) is 16.7. The zero-order chi connectivity index (χ0) is 17.0. The molecule has 1 aliphatic heterocycles. The Kier molecular flexibility index (Phi) is 5.16. The fourth-order valence-electron chi connectivity index (χ4n) is 1.91. The number of nitro benzene ring substituents is 1. The van der Waals surface area contributed by atoms with Crippen molar-refractivity contribution in [3.05, 3.63) is 28.3 Å². The van der Waals surface area contributed by atoms with Crippen LogP contribution >= 0.6 is 11.8 Å². The lowest BCUT2D eigenvalue weighted by Crippen LogP contribution is -2.28. The van der Waals surface area contributed by atoms with Gasteiger partial charge in [0.25, 0.3) is 5.69 Å². The van der Waals surface area contributed by atoms with Gasteiger partial charge in [0.1, 0.15) is 11.0 Å². The number of amides is 2. The molecule has 0 radical (unpaired) electrons. The molecular weight excluding hydrogens is 324 g/mol.